The van der Waals surface area contributed by atoms with Gasteiger partial charge in [0, 0.05) is 33.9 Å². The second-order valence-corrected chi connectivity index (χ2v) is 12.7. The Morgan fingerprint density at radius 1 is 0.308 bits per heavy atom. The van der Waals surface area contributed by atoms with Crippen molar-refractivity contribution < 1.29 is 0 Å². The molecule has 8 aromatic carbocycles. The van der Waals surface area contributed by atoms with Crippen LogP contribution in [0, 0.1) is 11.3 Å². The molecule has 3 heteroatoms. The summed E-state index contributed by atoms with van der Waals surface area (Å²) >= 11 is 0. The third-order valence-electron chi connectivity index (χ3n) is 9.27. The second-order valence-electron chi connectivity index (χ2n) is 12.7. The fourth-order valence-corrected chi connectivity index (χ4v) is 6.65. The summed E-state index contributed by atoms with van der Waals surface area (Å²) in [6.45, 7) is 0. The zero-order chi connectivity index (χ0) is 35.1. The Balaban J connectivity index is 1.04. The van der Waals surface area contributed by atoms with E-state index in [1.54, 1.807) is 0 Å². The van der Waals surface area contributed by atoms with Crippen molar-refractivity contribution in [1.29, 1.82) is 5.26 Å². The monoisotopic (exact) mass is 665 g/mol. The smallest absolute Gasteiger partial charge is 0.0992 e. The molecule has 0 saturated carbocycles. The number of para-hydroxylation sites is 2. The summed E-state index contributed by atoms with van der Waals surface area (Å²) in [4.78, 5) is 0. The van der Waals surface area contributed by atoms with Gasteiger partial charge in [-0.25, -0.2) is 0 Å². The van der Waals surface area contributed by atoms with Crippen LogP contribution in [0.25, 0.3) is 55.6 Å². The van der Waals surface area contributed by atoms with Crippen LogP contribution < -0.4 is 10.6 Å². The fourth-order valence-electron chi connectivity index (χ4n) is 6.65. The quantitative estimate of drug-likeness (QED) is 0.161. The summed E-state index contributed by atoms with van der Waals surface area (Å²) in [6, 6.07) is 71.8. The van der Waals surface area contributed by atoms with Gasteiger partial charge >= 0.3 is 0 Å². The molecule has 0 aliphatic heterocycles. The van der Waals surface area contributed by atoms with Crippen LogP contribution in [0.15, 0.2) is 200 Å². The van der Waals surface area contributed by atoms with Crippen LogP contribution >= 0.6 is 0 Å². The van der Waals surface area contributed by atoms with E-state index in [9.17, 15) is 5.26 Å². The Morgan fingerprint density at radius 3 is 1.31 bits per heavy atom. The van der Waals surface area contributed by atoms with Gasteiger partial charge in [-0.05, 0) is 105 Å². The number of nitriles is 1. The maximum absolute atomic E-state index is 9.37. The number of hydrogen-bond acceptors (Lipinski definition) is 3. The molecular formula is C49H35N3. The van der Waals surface area contributed by atoms with E-state index in [0.717, 1.165) is 56.1 Å². The highest BCUT2D eigenvalue weighted by Crippen LogP contribution is 2.36. The third kappa shape index (κ3) is 7.09. The van der Waals surface area contributed by atoms with E-state index in [1.807, 2.05) is 36.4 Å². The number of rotatable bonds is 9. The van der Waals surface area contributed by atoms with E-state index in [4.69, 9.17) is 0 Å². The average Bonchev–Trinajstić information content (AvgIpc) is 3.22. The lowest BCUT2D eigenvalue weighted by atomic mass is 9.95. The molecule has 8 rings (SSSR count). The zero-order valence-electron chi connectivity index (χ0n) is 28.5. The molecular weight excluding hydrogens is 631 g/mol. The molecule has 0 amide bonds. The van der Waals surface area contributed by atoms with Crippen LogP contribution in [-0.2, 0) is 0 Å². The summed E-state index contributed by atoms with van der Waals surface area (Å²) in [7, 11) is 0. The van der Waals surface area contributed by atoms with E-state index in [-0.39, 0.29) is 0 Å². The van der Waals surface area contributed by atoms with Crippen LogP contribution in [0.1, 0.15) is 5.56 Å². The summed E-state index contributed by atoms with van der Waals surface area (Å²) < 4.78 is 0. The molecule has 3 nitrogen and oxygen atoms in total. The van der Waals surface area contributed by atoms with Crippen LogP contribution in [0.3, 0.4) is 0 Å². The predicted molar refractivity (Wildman–Crippen MR) is 218 cm³/mol. The Morgan fingerprint density at radius 2 is 0.731 bits per heavy atom. The van der Waals surface area contributed by atoms with Gasteiger partial charge in [0.1, 0.15) is 0 Å². The molecule has 0 atom stereocenters. The molecule has 0 aromatic heterocycles. The minimum atomic E-state index is 0.625. The number of anilines is 4. The van der Waals surface area contributed by atoms with Crippen molar-refractivity contribution in [2.45, 2.75) is 0 Å². The minimum absolute atomic E-state index is 0.625. The first kappa shape index (κ1) is 32.1. The molecule has 0 fully saturated rings. The molecule has 246 valence electrons. The molecule has 0 spiro atoms. The summed E-state index contributed by atoms with van der Waals surface area (Å²) in [5, 5.41) is 16.6. The predicted octanol–water partition coefficient (Wildman–Crippen LogP) is 13.4. The first-order valence-corrected chi connectivity index (χ1v) is 17.4. The number of benzene rings is 8. The topological polar surface area (TPSA) is 47.9 Å². The number of nitrogens with one attached hydrogen (secondary N) is 2. The lowest BCUT2D eigenvalue weighted by Gasteiger charge is -2.15. The lowest BCUT2D eigenvalue weighted by molar-refractivity contribution is 1.47. The molecule has 2 N–H and O–H groups in total. The van der Waals surface area contributed by atoms with E-state index in [1.165, 1.54) is 22.3 Å². The molecule has 0 unspecified atom stereocenters. The van der Waals surface area contributed by atoms with Gasteiger partial charge in [0.25, 0.3) is 0 Å². The van der Waals surface area contributed by atoms with Gasteiger partial charge in [-0.15, -0.1) is 0 Å². The van der Waals surface area contributed by atoms with E-state index >= 15 is 0 Å². The van der Waals surface area contributed by atoms with Crippen LogP contribution in [0.4, 0.5) is 22.7 Å². The maximum Gasteiger partial charge on any atom is 0.0992 e. The average molecular weight is 666 g/mol. The van der Waals surface area contributed by atoms with Gasteiger partial charge in [-0.1, -0.05) is 140 Å². The van der Waals surface area contributed by atoms with Gasteiger partial charge in [-0.3, -0.25) is 0 Å². The molecule has 0 aliphatic carbocycles. The van der Waals surface area contributed by atoms with E-state index in [2.05, 4.69) is 180 Å². The van der Waals surface area contributed by atoms with Crippen molar-refractivity contribution in [3.63, 3.8) is 0 Å². The summed E-state index contributed by atoms with van der Waals surface area (Å²) in [5.74, 6) is 0. The largest absolute Gasteiger partial charge is 0.355 e. The summed E-state index contributed by atoms with van der Waals surface area (Å²) in [6.07, 6.45) is 0. The molecule has 8 aromatic rings. The highest BCUT2D eigenvalue weighted by atomic mass is 14.9. The first-order valence-electron chi connectivity index (χ1n) is 17.4. The standard InChI is InChI=1S/C49H35N3/c50-34-35-12-8-21-45(30-35)52-49-25-7-5-23-47(49)43-20-11-18-41(33-43)40-17-10-19-42(32-40)46-22-4-6-24-48(46)51-44-28-26-37(27-29-44)39-16-9-15-38(31-39)36-13-2-1-3-14-36/h1-33,51-52H. The Kier molecular flexibility index (Phi) is 9.11. The molecule has 0 aliphatic rings. The molecule has 0 bridgehead atoms. The third-order valence-corrected chi connectivity index (χ3v) is 9.27. The van der Waals surface area contributed by atoms with Gasteiger partial charge < -0.3 is 10.6 Å². The van der Waals surface area contributed by atoms with Crippen LogP contribution in [-0.4, -0.2) is 0 Å². The SMILES string of the molecule is N#Cc1cccc(Nc2ccccc2-c2cccc(-c3cccc(-c4ccccc4Nc4ccc(-c5cccc(-c6ccccc6)c5)cc4)c3)c2)c1. The van der Waals surface area contributed by atoms with Crippen molar-refractivity contribution in [1.82, 2.24) is 0 Å². The number of nitrogens with zero attached hydrogens (tertiary/aromatic N) is 1. The normalized spacial score (nSPS) is 10.7. The molecule has 0 saturated heterocycles. The Labute approximate surface area is 305 Å². The lowest BCUT2D eigenvalue weighted by Crippen LogP contribution is -1.94. The highest BCUT2D eigenvalue weighted by Gasteiger charge is 2.11. The van der Waals surface area contributed by atoms with Crippen molar-refractivity contribution in [2.24, 2.45) is 0 Å². The molecule has 0 radical (unpaired) electrons. The maximum atomic E-state index is 9.37. The van der Waals surface area contributed by atoms with Crippen LogP contribution in [0.5, 0.6) is 0 Å². The van der Waals surface area contributed by atoms with Crippen molar-refractivity contribution in [3.05, 3.63) is 206 Å². The first-order chi connectivity index (χ1) is 25.7. The Bertz CT molecular complexity index is 2530. The number of hydrogen-bond donors (Lipinski definition) is 2. The highest BCUT2D eigenvalue weighted by molar-refractivity contribution is 5.86. The van der Waals surface area contributed by atoms with Crippen molar-refractivity contribution in [3.8, 4) is 61.7 Å². The van der Waals surface area contributed by atoms with Gasteiger partial charge in [0.05, 0.1) is 11.6 Å². The minimum Gasteiger partial charge on any atom is -0.355 e. The van der Waals surface area contributed by atoms with Crippen molar-refractivity contribution in [2.75, 3.05) is 10.6 Å². The van der Waals surface area contributed by atoms with Gasteiger partial charge in [0.2, 0.25) is 0 Å². The van der Waals surface area contributed by atoms with Gasteiger partial charge in [0.15, 0.2) is 0 Å². The Hall–Kier alpha value is -7.15. The van der Waals surface area contributed by atoms with Gasteiger partial charge in [-0.2, -0.15) is 5.26 Å². The fraction of sp³-hybridized carbons (Fsp3) is 0. The van der Waals surface area contributed by atoms with Crippen molar-refractivity contribution >= 4 is 22.7 Å². The van der Waals surface area contributed by atoms with E-state index in [0.29, 0.717) is 5.56 Å². The van der Waals surface area contributed by atoms with E-state index < -0.39 is 0 Å². The molecule has 0 heterocycles. The second kappa shape index (κ2) is 14.8. The summed E-state index contributed by atoms with van der Waals surface area (Å²) in [5.41, 5.74) is 16.1. The molecule has 52 heavy (non-hydrogen) atoms. The zero-order valence-corrected chi connectivity index (χ0v) is 28.5. The van der Waals surface area contributed by atoms with Crippen LogP contribution in [0.2, 0.25) is 0 Å².